The standard InChI is InChI=1S/C12H19N3/c1-9-5-6-14-12(11(9)8-13)15-7-3-4-10(15)2/h5-6,10H,3-4,7-8,13H2,1-2H3. The second kappa shape index (κ2) is 4.19. The fourth-order valence-corrected chi connectivity index (χ4v) is 2.32. The number of anilines is 1. The molecule has 3 heteroatoms. The highest BCUT2D eigenvalue weighted by molar-refractivity contribution is 5.51. The van der Waals surface area contributed by atoms with Gasteiger partial charge in [-0.1, -0.05) is 0 Å². The Hall–Kier alpha value is -1.09. The Balaban J connectivity index is 2.38. The van der Waals surface area contributed by atoms with Crippen LogP contribution in [0.1, 0.15) is 30.9 Å². The van der Waals surface area contributed by atoms with Gasteiger partial charge in [-0.3, -0.25) is 0 Å². The van der Waals surface area contributed by atoms with E-state index in [0.717, 1.165) is 12.4 Å². The van der Waals surface area contributed by atoms with Crippen molar-refractivity contribution in [2.24, 2.45) is 5.73 Å². The molecule has 1 atom stereocenters. The summed E-state index contributed by atoms with van der Waals surface area (Å²) in [5.41, 5.74) is 8.25. The molecule has 1 aliphatic rings. The van der Waals surface area contributed by atoms with E-state index in [-0.39, 0.29) is 0 Å². The molecule has 1 aromatic heterocycles. The summed E-state index contributed by atoms with van der Waals surface area (Å²) < 4.78 is 0. The lowest BCUT2D eigenvalue weighted by molar-refractivity contribution is 0.722. The second-order valence-electron chi connectivity index (χ2n) is 4.32. The molecule has 15 heavy (non-hydrogen) atoms. The SMILES string of the molecule is Cc1ccnc(N2CCCC2C)c1CN. The van der Waals surface area contributed by atoms with E-state index in [2.05, 4.69) is 23.7 Å². The fraction of sp³-hybridized carbons (Fsp3) is 0.583. The number of rotatable bonds is 2. The van der Waals surface area contributed by atoms with E-state index in [1.54, 1.807) is 0 Å². The molecule has 3 nitrogen and oxygen atoms in total. The number of nitrogens with zero attached hydrogens (tertiary/aromatic N) is 2. The minimum absolute atomic E-state index is 0.582. The molecule has 1 aromatic rings. The van der Waals surface area contributed by atoms with Crippen molar-refractivity contribution < 1.29 is 0 Å². The van der Waals surface area contributed by atoms with Gasteiger partial charge in [0.05, 0.1) is 0 Å². The lowest BCUT2D eigenvalue weighted by atomic mass is 10.1. The van der Waals surface area contributed by atoms with Crippen LogP contribution < -0.4 is 10.6 Å². The van der Waals surface area contributed by atoms with Gasteiger partial charge in [0.1, 0.15) is 5.82 Å². The van der Waals surface area contributed by atoms with Crippen molar-refractivity contribution in [3.63, 3.8) is 0 Å². The third kappa shape index (κ3) is 1.84. The Morgan fingerprint density at radius 2 is 2.40 bits per heavy atom. The summed E-state index contributed by atoms with van der Waals surface area (Å²) in [5.74, 6) is 1.10. The number of hydrogen-bond acceptors (Lipinski definition) is 3. The molecule has 1 aliphatic heterocycles. The first-order valence-corrected chi connectivity index (χ1v) is 5.65. The van der Waals surface area contributed by atoms with E-state index >= 15 is 0 Å². The van der Waals surface area contributed by atoms with E-state index in [1.807, 2.05) is 12.3 Å². The molecule has 1 fully saturated rings. The van der Waals surface area contributed by atoms with E-state index in [0.29, 0.717) is 12.6 Å². The zero-order valence-corrected chi connectivity index (χ0v) is 9.53. The third-order valence-corrected chi connectivity index (χ3v) is 3.30. The summed E-state index contributed by atoms with van der Waals surface area (Å²) in [6, 6.07) is 2.64. The van der Waals surface area contributed by atoms with Crippen LogP contribution in [0.15, 0.2) is 12.3 Å². The van der Waals surface area contributed by atoms with Gasteiger partial charge in [0.2, 0.25) is 0 Å². The molecule has 0 bridgehead atoms. The number of aryl methyl sites for hydroxylation is 1. The zero-order chi connectivity index (χ0) is 10.8. The number of aromatic nitrogens is 1. The maximum Gasteiger partial charge on any atom is 0.133 e. The quantitative estimate of drug-likeness (QED) is 0.801. The first-order chi connectivity index (χ1) is 7.24. The topological polar surface area (TPSA) is 42.2 Å². The molecule has 1 unspecified atom stereocenters. The highest BCUT2D eigenvalue weighted by Gasteiger charge is 2.23. The molecule has 82 valence electrons. The maximum atomic E-state index is 5.80. The normalized spacial score (nSPS) is 21.0. The smallest absolute Gasteiger partial charge is 0.133 e. The molecule has 0 spiro atoms. The van der Waals surface area contributed by atoms with Gasteiger partial charge in [0.15, 0.2) is 0 Å². The molecule has 0 aliphatic carbocycles. The van der Waals surface area contributed by atoms with Crippen LogP contribution in [0, 0.1) is 6.92 Å². The molecule has 2 rings (SSSR count). The Morgan fingerprint density at radius 1 is 1.60 bits per heavy atom. The highest BCUT2D eigenvalue weighted by Crippen LogP contribution is 2.27. The average molecular weight is 205 g/mol. The van der Waals surface area contributed by atoms with Crippen LogP contribution in [0.25, 0.3) is 0 Å². The third-order valence-electron chi connectivity index (χ3n) is 3.30. The summed E-state index contributed by atoms with van der Waals surface area (Å²) in [7, 11) is 0. The van der Waals surface area contributed by atoms with Gasteiger partial charge in [-0.05, 0) is 38.3 Å². The Bertz CT molecular complexity index is 349. The maximum absolute atomic E-state index is 5.80. The Labute approximate surface area is 91.3 Å². The van der Waals surface area contributed by atoms with Crippen LogP contribution >= 0.6 is 0 Å². The first-order valence-electron chi connectivity index (χ1n) is 5.65. The molecule has 0 saturated carbocycles. The lowest BCUT2D eigenvalue weighted by Crippen LogP contribution is -2.29. The van der Waals surface area contributed by atoms with E-state index in [1.165, 1.54) is 24.0 Å². The van der Waals surface area contributed by atoms with E-state index in [4.69, 9.17) is 5.73 Å². The zero-order valence-electron chi connectivity index (χ0n) is 9.53. The molecule has 2 N–H and O–H groups in total. The van der Waals surface area contributed by atoms with Crippen LogP contribution in [0.5, 0.6) is 0 Å². The van der Waals surface area contributed by atoms with E-state index in [9.17, 15) is 0 Å². The van der Waals surface area contributed by atoms with E-state index < -0.39 is 0 Å². The van der Waals surface area contributed by atoms with Crippen LogP contribution in [-0.2, 0) is 6.54 Å². The van der Waals surface area contributed by atoms with Crippen molar-refractivity contribution in [1.29, 1.82) is 0 Å². The van der Waals surface area contributed by atoms with Crippen molar-refractivity contribution in [3.05, 3.63) is 23.4 Å². The summed E-state index contributed by atoms with van der Waals surface area (Å²) in [4.78, 5) is 6.87. The molecule has 0 radical (unpaired) electrons. The number of pyridine rings is 1. The molecular weight excluding hydrogens is 186 g/mol. The highest BCUT2D eigenvalue weighted by atomic mass is 15.2. The molecule has 0 amide bonds. The van der Waals surface area contributed by atoms with Gasteiger partial charge < -0.3 is 10.6 Å². The number of nitrogens with two attached hydrogens (primary N) is 1. The second-order valence-corrected chi connectivity index (χ2v) is 4.32. The molecule has 2 heterocycles. The van der Waals surface area contributed by atoms with Gasteiger partial charge in [-0.25, -0.2) is 4.98 Å². The van der Waals surface area contributed by atoms with Crippen molar-refractivity contribution in [2.45, 2.75) is 39.3 Å². The van der Waals surface area contributed by atoms with Gasteiger partial charge in [0.25, 0.3) is 0 Å². The summed E-state index contributed by atoms with van der Waals surface area (Å²) in [5, 5.41) is 0. The van der Waals surface area contributed by atoms with Crippen LogP contribution in [0.3, 0.4) is 0 Å². The average Bonchev–Trinajstić information content (AvgIpc) is 2.64. The molecule has 1 saturated heterocycles. The van der Waals surface area contributed by atoms with Crippen molar-refractivity contribution in [2.75, 3.05) is 11.4 Å². The predicted molar refractivity (Wildman–Crippen MR) is 62.9 cm³/mol. The summed E-state index contributed by atoms with van der Waals surface area (Å²) in [6.45, 7) is 6.06. The van der Waals surface area contributed by atoms with Crippen LogP contribution in [0.2, 0.25) is 0 Å². The summed E-state index contributed by atoms with van der Waals surface area (Å²) in [6.07, 6.45) is 4.41. The van der Waals surface area contributed by atoms with Crippen LogP contribution in [0.4, 0.5) is 5.82 Å². The number of hydrogen-bond donors (Lipinski definition) is 1. The van der Waals surface area contributed by atoms with Crippen molar-refractivity contribution in [1.82, 2.24) is 4.98 Å². The largest absolute Gasteiger partial charge is 0.354 e. The Morgan fingerprint density at radius 3 is 3.00 bits per heavy atom. The minimum atomic E-state index is 0.582. The van der Waals surface area contributed by atoms with Gasteiger partial charge >= 0.3 is 0 Å². The van der Waals surface area contributed by atoms with Gasteiger partial charge in [-0.2, -0.15) is 0 Å². The van der Waals surface area contributed by atoms with Gasteiger partial charge in [0, 0.05) is 30.9 Å². The lowest BCUT2D eigenvalue weighted by Gasteiger charge is -2.25. The summed E-state index contributed by atoms with van der Waals surface area (Å²) >= 11 is 0. The minimum Gasteiger partial charge on any atom is -0.354 e. The monoisotopic (exact) mass is 205 g/mol. The fourth-order valence-electron chi connectivity index (χ4n) is 2.32. The molecule has 0 aromatic carbocycles. The molecular formula is C12H19N3. The Kier molecular flexibility index (Phi) is 2.91. The van der Waals surface area contributed by atoms with Gasteiger partial charge in [-0.15, -0.1) is 0 Å². The van der Waals surface area contributed by atoms with Crippen molar-refractivity contribution in [3.8, 4) is 0 Å². The predicted octanol–water partition coefficient (Wildman–Crippen LogP) is 1.84. The first kappa shape index (κ1) is 10.4. The van der Waals surface area contributed by atoms with Crippen molar-refractivity contribution >= 4 is 5.82 Å². The van der Waals surface area contributed by atoms with Crippen LogP contribution in [-0.4, -0.2) is 17.6 Å².